The van der Waals surface area contributed by atoms with E-state index >= 15 is 0 Å². The van der Waals surface area contributed by atoms with E-state index in [9.17, 15) is 9.59 Å². The van der Waals surface area contributed by atoms with Crippen LogP contribution < -0.4 is 15.4 Å². The second-order valence-corrected chi connectivity index (χ2v) is 7.36. The van der Waals surface area contributed by atoms with Gasteiger partial charge in [0.15, 0.2) is 5.82 Å². The predicted molar refractivity (Wildman–Crippen MR) is 111 cm³/mol. The van der Waals surface area contributed by atoms with Crippen LogP contribution in [0.25, 0.3) is 0 Å². The number of allylic oxidation sites excluding steroid dienone is 1. The zero-order valence-corrected chi connectivity index (χ0v) is 17.9. The number of carbonyl (C=O) groups excluding carboxylic acids is 2. The monoisotopic (exact) mass is 460 g/mol. The van der Waals surface area contributed by atoms with Crippen LogP contribution in [0.2, 0.25) is 0 Å². The Morgan fingerprint density at radius 1 is 1.45 bits per heavy atom. The van der Waals surface area contributed by atoms with Crippen LogP contribution in [0.1, 0.15) is 24.3 Å². The smallest absolute Gasteiger partial charge is 0.322 e. The highest BCUT2D eigenvalue weighted by Gasteiger charge is 2.37. The standard InChI is InChI=1S/C20H21BrN4O4/c1-5-8-25-12(3)17(19(26)22-16-9-11(2)29-24-16)18(23-20(25)27)14-10-13(21)6-7-15(14)28-4/h5-7,9-10,18H,1,8H2,2-4H3,(H,23,27)(H,22,24,26)/t18-/m1/s1. The van der Waals surface area contributed by atoms with Crippen molar-refractivity contribution >= 4 is 33.7 Å². The first-order chi connectivity index (χ1) is 13.8. The maximum Gasteiger partial charge on any atom is 0.322 e. The lowest BCUT2D eigenvalue weighted by Gasteiger charge is -2.35. The van der Waals surface area contributed by atoms with Gasteiger partial charge in [0.25, 0.3) is 5.91 Å². The van der Waals surface area contributed by atoms with Gasteiger partial charge in [-0.1, -0.05) is 27.2 Å². The summed E-state index contributed by atoms with van der Waals surface area (Å²) in [5, 5.41) is 9.44. The molecule has 1 aromatic heterocycles. The first-order valence-electron chi connectivity index (χ1n) is 8.83. The Morgan fingerprint density at radius 2 is 2.21 bits per heavy atom. The molecule has 0 bridgehead atoms. The molecule has 0 unspecified atom stereocenters. The molecule has 2 aromatic rings. The molecule has 1 aromatic carbocycles. The first-order valence-corrected chi connectivity index (χ1v) is 9.62. The van der Waals surface area contributed by atoms with Gasteiger partial charge in [0.1, 0.15) is 11.5 Å². The predicted octanol–water partition coefficient (Wildman–Crippen LogP) is 3.92. The average molecular weight is 461 g/mol. The Bertz CT molecular complexity index is 998. The number of aromatic nitrogens is 1. The minimum atomic E-state index is -0.719. The zero-order chi connectivity index (χ0) is 21.1. The summed E-state index contributed by atoms with van der Waals surface area (Å²) in [6.07, 6.45) is 1.60. The molecule has 1 aliphatic rings. The number of benzene rings is 1. The lowest BCUT2D eigenvalue weighted by atomic mass is 9.93. The van der Waals surface area contributed by atoms with E-state index < -0.39 is 11.9 Å². The number of aryl methyl sites for hydroxylation is 1. The van der Waals surface area contributed by atoms with Crippen molar-refractivity contribution in [1.82, 2.24) is 15.4 Å². The molecule has 8 nitrogen and oxygen atoms in total. The van der Waals surface area contributed by atoms with Gasteiger partial charge < -0.3 is 19.9 Å². The number of ether oxygens (including phenoxy) is 1. The molecule has 3 rings (SSSR count). The van der Waals surface area contributed by atoms with E-state index in [1.54, 1.807) is 32.1 Å². The van der Waals surface area contributed by atoms with Gasteiger partial charge in [-0.05, 0) is 32.0 Å². The third kappa shape index (κ3) is 4.19. The molecule has 0 saturated carbocycles. The molecule has 1 aliphatic heterocycles. The number of hydrogen-bond acceptors (Lipinski definition) is 5. The molecule has 0 aliphatic carbocycles. The molecule has 1 atom stereocenters. The van der Waals surface area contributed by atoms with Gasteiger partial charge in [-0.25, -0.2) is 4.79 Å². The van der Waals surface area contributed by atoms with Crippen molar-refractivity contribution in [2.24, 2.45) is 0 Å². The van der Waals surface area contributed by atoms with Crippen LogP contribution in [0.3, 0.4) is 0 Å². The van der Waals surface area contributed by atoms with Crippen LogP contribution in [0.15, 0.2) is 57.2 Å². The van der Waals surface area contributed by atoms with Crippen LogP contribution in [0, 0.1) is 6.92 Å². The summed E-state index contributed by atoms with van der Waals surface area (Å²) in [4.78, 5) is 27.4. The normalized spacial score (nSPS) is 16.5. The van der Waals surface area contributed by atoms with Crippen molar-refractivity contribution in [3.05, 3.63) is 64.0 Å². The molecule has 0 saturated heterocycles. The fourth-order valence-corrected chi connectivity index (χ4v) is 3.58. The molecule has 3 amide bonds. The van der Waals surface area contributed by atoms with Crippen LogP contribution in [0.4, 0.5) is 10.6 Å². The van der Waals surface area contributed by atoms with Crippen molar-refractivity contribution in [3.63, 3.8) is 0 Å². The lowest BCUT2D eigenvalue weighted by molar-refractivity contribution is -0.113. The molecule has 0 radical (unpaired) electrons. The number of nitrogens with zero attached hydrogens (tertiary/aromatic N) is 2. The van der Waals surface area contributed by atoms with E-state index in [2.05, 4.69) is 38.3 Å². The number of anilines is 1. The van der Waals surface area contributed by atoms with E-state index in [4.69, 9.17) is 9.26 Å². The Balaban J connectivity index is 2.10. The van der Waals surface area contributed by atoms with Crippen molar-refractivity contribution in [3.8, 4) is 5.75 Å². The molecule has 29 heavy (non-hydrogen) atoms. The van der Waals surface area contributed by atoms with Gasteiger partial charge in [-0.15, -0.1) is 6.58 Å². The van der Waals surface area contributed by atoms with Gasteiger partial charge in [0.05, 0.1) is 18.7 Å². The SMILES string of the molecule is C=CCN1C(=O)N[C@H](c2cc(Br)ccc2OC)C(C(=O)Nc2cc(C)on2)=C1C. The van der Waals surface area contributed by atoms with E-state index in [0.717, 1.165) is 4.47 Å². The topological polar surface area (TPSA) is 96.7 Å². The number of rotatable bonds is 6. The van der Waals surface area contributed by atoms with E-state index in [1.807, 2.05) is 12.1 Å². The summed E-state index contributed by atoms with van der Waals surface area (Å²) >= 11 is 3.44. The van der Waals surface area contributed by atoms with Crippen molar-refractivity contribution in [2.75, 3.05) is 19.0 Å². The van der Waals surface area contributed by atoms with Gasteiger partial charge in [-0.3, -0.25) is 9.69 Å². The van der Waals surface area contributed by atoms with Crippen LogP contribution in [-0.4, -0.2) is 35.6 Å². The minimum Gasteiger partial charge on any atom is -0.496 e. The zero-order valence-electron chi connectivity index (χ0n) is 16.3. The van der Waals surface area contributed by atoms with Gasteiger partial charge >= 0.3 is 6.03 Å². The highest BCUT2D eigenvalue weighted by molar-refractivity contribution is 9.10. The molecule has 2 heterocycles. The molecule has 2 N–H and O–H groups in total. The number of halogens is 1. The number of hydrogen-bond donors (Lipinski definition) is 2. The molecule has 0 spiro atoms. The Kier molecular flexibility index (Phi) is 6.07. The lowest BCUT2D eigenvalue weighted by Crippen LogP contribution is -2.48. The van der Waals surface area contributed by atoms with Gasteiger partial charge in [-0.2, -0.15) is 0 Å². The van der Waals surface area contributed by atoms with Crippen molar-refractivity contribution < 1.29 is 18.8 Å². The summed E-state index contributed by atoms with van der Waals surface area (Å²) in [7, 11) is 1.54. The summed E-state index contributed by atoms with van der Waals surface area (Å²) in [5.41, 5.74) is 1.52. The quantitative estimate of drug-likeness (QED) is 0.636. The maximum atomic E-state index is 13.2. The summed E-state index contributed by atoms with van der Waals surface area (Å²) < 4.78 is 11.3. The number of urea groups is 1. The summed E-state index contributed by atoms with van der Waals surface area (Å²) in [6, 6.07) is 5.98. The fraction of sp³-hybridized carbons (Fsp3) is 0.250. The van der Waals surface area contributed by atoms with Crippen molar-refractivity contribution in [2.45, 2.75) is 19.9 Å². The number of nitrogens with one attached hydrogen (secondary N) is 2. The average Bonchev–Trinajstić information content (AvgIpc) is 3.09. The summed E-state index contributed by atoms with van der Waals surface area (Å²) in [5.74, 6) is 1.00. The minimum absolute atomic E-state index is 0.264. The molecular weight excluding hydrogens is 440 g/mol. The van der Waals surface area contributed by atoms with E-state index in [1.165, 1.54) is 12.0 Å². The number of carbonyl (C=O) groups is 2. The largest absolute Gasteiger partial charge is 0.496 e. The maximum absolute atomic E-state index is 13.2. The van der Waals surface area contributed by atoms with Gasteiger partial charge in [0.2, 0.25) is 0 Å². The Morgan fingerprint density at radius 3 is 2.83 bits per heavy atom. The molecule has 0 fully saturated rings. The van der Waals surface area contributed by atoms with Crippen molar-refractivity contribution in [1.29, 1.82) is 0 Å². The van der Waals surface area contributed by atoms with E-state index in [-0.39, 0.29) is 12.6 Å². The van der Waals surface area contributed by atoms with Crippen LogP contribution in [-0.2, 0) is 4.79 Å². The highest BCUT2D eigenvalue weighted by Crippen LogP contribution is 2.37. The number of methoxy groups -OCH3 is 1. The molecular formula is C20H21BrN4O4. The number of amides is 3. The third-order valence-electron chi connectivity index (χ3n) is 4.52. The molecule has 9 heteroatoms. The first kappa shape index (κ1) is 20.7. The second kappa shape index (κ2) is 8.52. The highest BCUT2D eigenvalue weighted by atomic mass is 79.9. The van der Waals surface area contributed by atoms with Crippen LogP contribution in [0.5, 0.6) is 5.75 Å². The summed E-state index contributed by atoms with van der Waals surface area (Å²) in [6.45, 7) is 7.41. The van der Waals surface area contributed by atoms with Gasteiger partial charge in [0, 0.05) is 28.3 Å². The van der Waals surface area contributed by atoms with E-state index in [0.29, 0.717) is 34.2 Å². The Labute approximate surface area is 176 Å². The fourth-order valence-electron chi connectivity index (χ4n) is 3.20. The third-order valence-corrected chi connectivity index (χ3v) is 5.02. The van der Waals surface area contributed by atoms with Crippen LogP contribution >= 0.6 is 15.9 Å². The Hall–Kier alpha value is -3.07. The second-order valence-electron chi connectivity index (χ2n) is 6.44. The molecule has 152 valence electrons.